The van der Waals surface area contributed by atoms with Gasteiger partial charge >= 0.3 is 37.7 Å². The SMILES string of the molecule is F.F.[Ca+2].[H-].[H-].[Y]. The van der Waals surface area contributed by atoms with Crippen molar-refractivity contribution in [2.45, 2.75) is 0 Å². The van der Waals surface area contributed by atoms with Crippen LogP contribution in [0.5, 0.6) is 0 Å². The number of hydrogen-bond acceptors (Lipinski definition) is 0. The van der Waals surface area contributed by atoms with Crippen LogP contribution in [0.15, 0.2) is 0 Å². The van der Waals surface area contributed by atoms with E-state index in [-0.39, 0.29) is 82.7 Å². The predicted molar refractivity (Wildman–Crippen MR) is 13.0 cm³/mol. The molecule has 4 heteroatoms. The van der Waals surface area contributed by atoms with Crippen molar-refractivity contribution in [2.24, 2.45) is 0 Å². The fraction of sp³-hybridized carbons (Fsp3) is 0. The molecule has 4 heavy (non-hydrogen) atoms. The molecular weight excluding hydrogens is 167 g/mol. The van der Waals surface area contributed by atoms with E-state index in [0.29, 0.717) is 0 Å². The molecule has 0 aliphatic heterocycles. The predicted octanol–water partition coefficient (Wildman–Crippen LogP) is 0.147. The fourth-order valence-electron chi connectivity index (χ4n) is 0. The van der Waals surface area contributed by atoms with E-state index in [1.165, 1.54) is 0 Å². The Morgan fingerprint density at radius 1 is 1.00 bits per heavy atom. The van der Waals surface area contributed by atoms with E-state index in [4.69, 9.17) is 0 Å². The summed E-state index contributed by atoms with van der Waals surface area (Å²) in [5, 5.41) is 0. The van der Waals surface area contributed by atoms with E-state index < -0.39 is 0 Å². The third-order valence-electron chi connectivity index (χ3n) is 0. The summed E-state index contributed by atoms with van der Waals surface area (Å²) in [5.74, 6) is 0. The molecule has 0 heterocycles. The normalized spacial score (nSPS) is 0. The molecule has 0 aliphatic rings. The van der Waals surface area contributed by atoms with Gasteiger partial charge < -0.3 is 2.85 Å². The average Bonchev–Trinajstić information content (AvgIpc) is 0. The van der Waals surface area contributed by atoms with Gasteiger partial charge in [-0.1, -0.05) is 0 Å². The van der Waals surface area contributed by atoms with Gasteiger partial charge in [0.15, 0.2) is 0 Å². The van der Waals surface area contributed by atoms with Crippen LogP contribution < -0.4 is 0 Å². The minimum absolute atomic E-state index is 0. The molecule has 0 aliphatic carbocycles. The topological polar surface area (TPSA) is 0 Å². The van der Waals surface area contributed by atoms with Crippen molar-refractivity contribution in [3.63, 3.8) is 0 Å². The zero-order valence-corrected chi connectivity index (χ0v) is 7.15. The standard InChI is InChI=1S/Ca.2FH.Y.2H/h;2*1H;;;/q+2;;;;2*-1. The van der Waals surface area contributed by atoms with Gasteiger partial charge in [0.2, 0.25) is 0 Å². The van der Waals surface area contributed by atoms with Crippen LogP contribution in [-0.4, -0.2) is 37.7 Å². The Morgan fingerprint density at radius 3 is 1.00 bits per heavy atom. The Kier molecular flexibility index (Phi) is 162. The fourth-order valence-corrected chi connectivity index (χ4v) is 0. The van der Waals surface area contributed by atoms with Crippen LogP contribution in [0.2, 0.25) is 0 Å². The van der Waals surface area contributed by atoms with Crippen molar-refractivity contribution in [2.75, 3.05) is 0 Å². The van der Waals surface area contributed by atoms with Crippen LogP contribution in [0.3, 0.4) is 0 Å². The summed E-state index contributed by atoms with van der Waals surface area (Å²) in [7, 11) is 0. The van der Waals surface area contributed by atoms with Gasteiger partial charge in [0.1, 0.15) is 0 Å². The summed E-state index contributed by atoms with van der Waals surface area (Å²) < 4.78 is 0. The van der Waals surface area contributed by atoms with Crippen molar-refractivity contribution in [3.05, 3.63) is 0 Å². The van der Waals surface area contributed by atoms with Crippen molar-refractivity contribution in [1.29, 1.82) is 0 Å². The first-order valence-electron chi connectivity index (χ1n) is 0. The maximum atomic E-state index is 0. The number of hydrogen-bond donors (Lipinski definition) is 0. The molecule has 0 bridgehead atoms. The Bertz CT molecular complexity index is 11.5. The molecule has 0 rings (SSSR count). The zero-order valence-electron chi connectivity index (χ0n) is 4.10. The minimum atomic E-state index is 0. The molecule has 0 saturated heterocycles. The zero-order chi connectivity index (χ0) is 0. The molecule has 0 atom stereocenters. The van der Waals surface area contributed by atoms with Crippen LogP contribution in [-0.2, 0) is 32.7 Å². The van der Waals surface area contributed by atoms with Crippen LogP contribution in [0.4, 0.5) is 9.41 Å². The summed E-state index contributed by atoms with van der Waals surface area (Å²) >= 11 is 0. The van der Waals surface area contributed by atoms with Gasteiger partial charge in [-0.15, -0.1) is 0 Å². The number of halogens is 2. The quantitative estimate of drug-likeness (QED) is 0.455. The first-order chi connectivity index (χ1) is 0. The molecule has 0 N–H and O–H groups in total. The number of rotatable bonds is 0. The Hall–Kier alpha value is 2.22. The van der Waals surface area contributed by atoms with E-state index >= 15 is 0 Å². The van der Waals surface area contributed by atoms with Gasteiger partial charge in [-0.2, -0.15) is 0 Å². The molecule has 0 nitrogen and oxygen atoms in total. The first-order valence-corrected chi connectivity index (χ1v) is 0. The summed E-state index contributed by atoms with van der Waals surface area (Å²) in [6, 6.07) is 0. The second kappa shape index (κ2) is 18.8. The van der Waals surface area contributed by atoms with Gasteiger partial charge in [-0.3, -0.25) is 9.41 Å². The summed E-state index contributed by atoms with van der Waals surface area (Å²) in [6.45, 7) is 0. The van der Waals surface area contributed by atoms with Crippen LogP contribution in [0.1, 0.15) is 2.85 Å². The van der Waals surface area contributed by atoms with Gasteiger partial charge in [0.25, 0.3) is 0 Å². The Morgan fingerprint density at radius 2 is 1.00 bits per heavy atom. The molecule has 23 valence electrons. The molecule has 0 aromatic heterocycles. The third-order valence-corrected chi connectivity index (χ3v) is 0. The summed E-state index contributed by atoms with van der Waals surface area (Å²) in [4.78, 5) is 0. The van der Waals surface area contributed by atoms with Gasteiger partial charge in [-0.25, -0.2) is 0 Å². The molecule has 0 amide bonds. The Labute approximate surface area is 81.3 Å². The second-order valence-corrected chi connectivity index (χ2v) is 0. The first kappa shape index (κ1) is 34.3. The third kappa shape index (κ3) is 8.88. The van der Waals surface area contributed by atoms with Gasteiger partial charge in [-0.05, 0) is 0 Å². The monoisotopic (exact) mass is 171 g/mol. The van der Waals surface area contributed by atoms with Crippen molar-refractivity contribution in [1.82, 2.24) is 0 Å². The van der Waals surface area contributed by atoms with Crippen molar-refractivity contribution in [3.8, 4) is 0 Å². The molecule has 0 aromatic carbocycles. The molecule has 0 saturated carbocycles. The summed E-state index contributed by atoms with van der Waals surface area (Å²) in [6.07, 6.45) is 0. The van der Waals surface area contributed by atoms with E-state index in [2.05, 4.69) is 0 Å². The largest absolute Gasteiger partial charge is 2.00 e. The van der Waals surface area contributed by atoms with E-state index in [1.807, 2.05) is 0 Å². The molecule has 0 spiro atoms. The molecular formula is H4CaF2Y. The maximum absolute atomic E-state index is 0. The van der Waals surface area contributed by atoms with Crippen LogP contribution in [0.25, 0.3) is 0 Å². The molecule has 0 fully saturated rings. The van der Waals surface area contributed by atoms with E-state index in [0.717, 1.165) is 0 Å². The van der Waals surface area contributed by atoms with Crippen molar-refractivity contribution < 1.29 is 45.0 Å². The molecule has 0 unspecified atom stereocenters. The van der Waals surface area contributed by atoms with E-state index in [9.17, 15) is 0 Å². The smallest absolute Gasteiger partial charge is 1.00 e. The van der Waals surface area contributed by atoms with Crippen LogP contribution >= 0.6 is 0 Å². The summed E-state index contributed by atoms with van der Waals surface area (Å²) in [5.41, 5.74) is 0. The van der Waals surface area contributed by atoms with Crippen LogP contribution in [0, 0.1) is 0 Å². The van der Waals surface area contributed by atoms with Gasteiger partial charge in [0.05, 0.1) is 0 Å². The molecule has 0 aromatic rings. The second-order valence-electron chi connectivity index (χ2n) is 0. The average molecular weight is 171 g/mol. The minimum Gasteiger partial charge on any atom is -1.00 e. The molecule has 1 radical (unpaired) electrons. The van der Waals surface area contributed by atoms with Crippen molar-refractivity contribution >= 4 is 37.7 Å². The Balaban J connectivity index is 0. The maximum Gasteiger partial charge on any atom is 2.00 e. The van der Waals surface area contributed by atoms with E-state index in [1.54, 1.807) is 0 Å². The van der Waals surface area contributed by atoms with Gasteiger partial charge in [0, 0.05) is 32.7 Å².